The van der Waals surface area contributed by atoms with Crippen molar-refractivity contribution in [3.63, 3.8) is 0 Å². The molecule has 50 heavy (non-hydrogen) atoms. The van der Waals surface area contributed by atoms with Gasteiger partial charge >= 0.3 is 0 Å². The minimum atomic E-state index is 1.00. The summed E-state index contributed by atoms with van der Waals surface area (Å²) in [6, 6.07) is 65.5. The second-order valence-corrected chi connectivity index (χ2v) is 12.8. The molecule has 0 aliphatic heterocycles. The molecule has 10 aromatic rings. The van der Waals surface area contributed by atoms with Crippen LogP contribution >= 0.6 is 0 Å². The fourth-order valence-electron chi connectivity index (χ4n) is 7.71. The molecule has 0 radical (unpaired) electrons. The second kappa shape index (κ2) is 11.5. The summed E-state index contributed by atoms with van der Waals surface area (Å²) in [6.45, 7) is 0. The maximum Gasteiger partial charge on any atom is 0.0963 e. The van der Waals surface area contributed by atoms with E-state index in [1.165, 1.54) is 49.6 Å². The number of fused-ring (bicyclic) bond motifs is 6. The SMILES string of the molecule is c1ccc(-c2cccc(-n3c4cc(-c5cccc6c7ccccc7n(-c7cccc(-c8ccccc8)c7)c56)ccc4c4ncccc43)c2)cc1. The first-order valence-electron chi connectivity index (χ1n) is 17.1. The van der Waals surface area contributed by atoms with E-state index >= 15 is 0 Å². The third kappa shape index (κ3) is 4.48. The maximum absolute atomic E-state index is 4.88. The zero-order chi connectivity index (χ0) is 33.0. The molecule has 0 atom stereocenters. The van der Waals surface area contributed by atoms with Gasteiger partial charge in [0.1, 0.15) is 0 Å². The van der Waals surface area contributed by atoms with Gasteiger partial charge in [0.15, 0.2) is 0 Å². The molecule has 234 valence electrons. The summed E-state index contributed by atoms with van der Waals surface area (Å²) in [7, 11) is 0. The van der Waals surface area contributed by atoms with Crippen LogP contribution < -0.4 is 0 Å². The van der Waals surface area contributed by atoms with Crippen LogP contribution in [0.3, 0.4) is 0 Å². The fraction of sp³-hybridized carbons (Fsp3) is 0. The molecule has 3 aromatic heterocycles. The molecular weight excluding hydrogens is 607 g/mol. The van der Waals surface area contributed by atoms with Gasteiger partial charge < -0.3 is 9.13 Å². The van der Waals surface area contributed by atoms with Crippen LogP contribution in [0.25, 0.3) is 88.5 Å². The van der Waals surface area contributed by atoms with E-state index in [9.17, 15) is 0 Å². The van der Waals surface area contributed by atoms with Gasteiger partial charge in [-0.15, -0.1) is 0 Å². The normalized spacial score (nSPS) is 11.6. The average Bonchev–Trinajstić information content (AvgIpc) is 3.71. The van der Waals surface area contributed by atoms with Gasteiger partial charge in [-0.3, -0.25) is 4.98 Å². The highest BCUT2D eigenvalue weighted by atomic mass is 15.0. The Bertz CT molecular complexity index is 2860. The number of para-hydroxylation sites is 2. The topological polar surface area (TPSA) is 22.8 Å². The monoisotopic (exact) mass is 637 g/mol. The lowest BCUT2D eigenvalue weighted by Crippen LogP contribution is -1.97. The van der Waals surface area contributed by atoms with Gasteiger partial charge in [-0.2, -0.15) is 0 Å². The molecule has 10 rings (SSSR count). The number of rotatable bonds is 5. The molecular formula is C47H31N3. The third-order valence-electron chi connectivity index (χ3n) is 9.95. The van der Waals surface area contributed by atoms with E-state index in [0.29, 0.717) is 0 Å². The first-order chi connectivity index (χ1) is 24.8. The lowest BCUT2D eigenvalue weighted by molar-refractivity contribution is 1.17. The van der Waals surface area contributed by atoms with Crippen molar-refractivity contribution in [1.29, 1.82) is 0 Å². The Hall–Kier alpha value is -6.71. The van der Waals surface area contributed by atoms with Crippen molar-refractivity contribution in [1.82, 2.24) is 14.1 Å². The molecule has 0 saturated carbocycles. The summed E-state index contributed by atoms with van der Waals surface area (Å²) in [4.78, 5) is 4.88. The van der Waals surface area contributed by atoms with Crippen molar-refractivity contribution in [3.8, 4) is 44.8 Å². The first kappa shape index (κ1) is 28.3. The van der Waals surface area contributed by atoms with Gasteiger partial charge in [-0.05, 0) is 82.4 Å². The summed E-state index contributed by atoms with van der Waals surface area (Å²) in [5, 5.41) is 3.62. The predicted molar refractivity (Wildman–Crippen MR) is 209 cm³/mol. The Balaban J connectivity index is 1.23. The van der Waals surface area contributed by atoms with E-state index in [2.05, 4.69) is 185 Å². The smallest absolute Gasteiger partial charge is 0.0963 e. The van der Waals surface area contributed by atoms with Crippen LogP contribution in [0, 0.1) is 0 Å². The van der Waals surface area contributed by atoms with Crippen LogP contribution in [-0.2, 0) is 0 Å². The number of hydrogen-bond donors (Lipinski definition) is 0. The largest absolute Gasteiger partial charge is 0.309 e. The summed E-state index contributed by atoms with van der Waals surface area (Å²) in [5.74, 6) is 0. The van der Waals surface area contributed by atoms with Crippen LogP contribution in [0.5, 0.6) is 0 Å². The molecule has 0 aliphatic rings. The molecule has 3 heteroatoms. The standard InChI is InChI=1S/C47H31N3/c1-3-13-32(14-4-1)34-17-9-19-37(29-34)49-44-25-12-28-48-46(44)42-27-26-36(31-45(42)49)39-22-11-23-41-40-21-7-8-24-43(40)50(47(39)41)38-20-10-18-35(30-38)33-15-5-2-6-16-33/h1-31H. The second-order valence-electron chi connectivity index (χ2n) is 12.8. The number of aromatic nitrogens is 3. The van der Waals surface area contributed by atoms with Crippen molar-refractivity contribution in [2.75, 3.05) is 0 Å². The van der Waals surface area contributed by atoms with Gasteiger partial charge in [0.05, 0.1) is 27.6 Å². The van der Waals surface area contributed by atoms with E-state index < -0.39 is 0 Å². The molecule has 0 bridgehead atoms. The fourth-order valence-corrected chi connectivity index (χ4v) is 7.71. The Morgan fingerprint density at radius 3 is 1.68 bits per heavy atom. The Morgan fingerprint density at radius 2 is 0.940 bits per heavy atom. The van der Waals surface area contributed by atoms with Crippen molar-refractivity contribution in [2.24, 2.45) is 0 Å². The Morgan fingerprint density at radius 1 is 0.340 bits per heavy atom. The molecule has 3 heterocycles. The first-order valence-corrected chi connectivity index (χ1v) is 17.1. The molecule has 0 N–H and O–H groups in total. The minimum absolute atomic E-state index is 1.00. The van der Waals surface area contributed by atoms with Crippen molar-refractivity contribution in [3.05, 3.63) is 188 Å². The van der Waals surface area contributed by atoms with Crippen molar-refractivity contribution < 1.29 is 0 Å². The zero-order valence-electron chi connectivity index (χ0n) is 27.2. The van der Waals surface area contributed by atoms with Gasteiger partial charge in [0.25, 0.3) is 0 Å². The average molecular weight is 638 g/mol. The zero-order valence-corrected chi connectivity index (χ0v) is 27.2. The predicted octanol–water partition coefficient (Wildman–Crippen LogP) is 12.3. The van der Waals surface area contributed by atoms with Crippen LogP contribution in [-0.4, -0.2) is 14.1 Å². The number of hydrogen-bond acceptors (Lipinski definition) is 1. The molecule has 0 saturated heterocycles. The van der Waals surface area contributed by atoms with Crippen molar-refractivity contribution >= 4 is 43.7 Å². The summed E-state index contributed by atoms with van der Waals surface area (Å²) in [6.07, 6.45) is 1.89. The minimum Gasteiger partial charge on any atom is -0.309 e. The molecule has 0 aliphatic carbocycles. The lowest BCUT2D eigenvalue weighted by Gasteiger charge is -2.14. The molecule has 0 spiro atoms. The number of pyridine rings is 1. The molecule has 0 amide bonds. The third-order valence-corrected chi connectivity index (χ3v) is 9.95. The van der Waals surface area contributed by atoms with E-state index in [4.69, 9.17) is 4.98 Å². The van der Waals surface area contributed by atoms with E-state index in [1.54, 1.807) is 0 Å². The van der Waals surface area contributed by atoms with Gasteiger partial charge in [0.2, 0.25) is 0 Å². The lowest BCUT2D eigenvalue weighted by atomic mass is 10.0. The Labute approximate surface area is 290 Å². The molecule has 7 aromatic carbocycles. The van der Waals surface area contributed by atoms with Gasteiger partial charge in [0, 0.05) is 39.3 Å². The highest BCUT2D eigenvalue weighted by molar-refractivity contribution is 6.15. The van der Waals surface area contributed by atoms with Crippen LogP contribution in [0.2, 0.25) is 0 Å². The van der Waals surface area contributed by atoms with Crippen LogP contribution in [0.15, 0.2) is 188 Å². The maximum atomic E-state index is 4.88. The van der Waals surface area contributed by atoms with Crippen molar-refractivity contribution in [2.45, 2.75) is 0 Å². The Kier molecular flexibility index (Phi) is 6.49. The molecule has 0 unspecified atom stereocenters. The van der Waals surface area contributed by atoms with Crippen LogP contribution in [0.1, 0.15) is 0 Å². The van der Waals surface area contributed by atoms with Crippen LogP contribution in [0.4, 0.5) is 0 Å². The number of nitrogens with zero attached hydrogens (tertiary/aromatic N) is 3. The summed E-state index contributed by atoms with van der Waals surface area (Å²) >= 11 is 0. The highest BCUT2D eigenvalue weighted by Gasteiger charge is 2.19. The molecule has 0 fully saturated rings. The molecule has 3 nitrogen and oxygen atoms in total. The van der Waals surface area contributed by atoms with Gasteiger partial charge in [-0.25, -0.2) is 0 Å². The summed E-state index contributed by atoms with van der Waals surface area (Å²) < 4.78 is 4.81. The quantitative estimate of drug-likeness (QED) is 0.184. The number of benzene rings is 7. The summed E-state index contributed by atoms with van der Waals surface area (Å²) in [5.41, 5.74) is 15.0. The van der Waals surface area contributed by atoms with E-state index in [0.717, 1.165) is 38.9 Å². The van der Waals surface area contributed by atoms with E-state index in [1.807, 2.05) is 12.3 Å². The van der Waals surface area contributed by atoms with E-state index in [-0.39, 0.29) is 0 Å². The van der Waals surface area contributed by atoms with Gasteiger partial charge in [-0.1, -0.05) is 127 Å². The highest BCUT2D eigenvalue weighted by Crippen LogP contribution is 2.41.